The molecule has 0 aliphatic heterocycles. The Morgan fingerprint density at radius 2 is 1.78 bits per heavy atom. The summed E-state index contributed by atoms with van der Waals surface area (Å²) in [7, 11) is 0. The van der Waals surface area contributed by atoms with Crippen molar-refractivity contribution in [3.05, 3.63) is 0 Å². The monoisotopic (exact) mass is 129 g/mol. The third kappa shape index (κ3) is 1.05. The van der Waals surface area contributed by atoms with Crippen LogP contribution in [0.1, 0.15) is 25.7 Å². The van der Waals surface area contributed by atoms with Crippen LogP contribution in [0.5, 0.6) is 0 Å². The van der Waals surface area contributed by atoms with E-state index in [1.807, 2.05) is 0 Å². The van der Waals surface area contributed by atoms with Crippen molar-refractivity contribution in [2.75, 3.05) is 0 Å². The Labute approximate surface area is 53.3 Å². The second-order valence-electron chi connectivity index (χ2n) is 2.51. The summed E-state index contributed by atoms with van der Waals surface area (Å²) in [5, 5.41) is 19.4. The molecule has 1 aliphatic rings. The molecular weight excluding hydrogens is 120 g/mol. The van der Waals surface area contributed by atoms with Crippen molar-refractivity contribution < 1.29 is 15.0 Å². The number of aliphatic carboxylic acids is 1. The van der Waals surface area contributed by atoms with Gasteiger partial charge in [-0.2, -0.15) is 0 Å². The number of hydrogen-bond donors (Lipinski definition) is 1. The molecule has 1 saturated carbocycles. The average Bonchev–Trinajstić information content (AvgIpc) is 2.16. The van der Waals surface area contributed by atoms with Crippen LogP contribution < -0.4 is 0 Å². The molecule has 0 atom stereocenters. The van der Waals surface area contributed by atoms with Gasteiger partial charge in [0.15, 0.2) is 5.60 Å². The van der Waals surface area contributed by atoms with Crippen molar-refractivity contribution in [2.45, 2.75) is 31.3 Å². The predicted molar refractivity (Wildman–Crippen MR) is 29.5 cm³/mol. The number of rotatable bonds is 1. The van der Waals surface area contributed by atoms with E-state index in [-0.39, 0.29) is 0 Å². The van der Waals surface area contributed by atoms with Crippen LogP contribution in [0.3, 0.4) is 0 Å². The molecule has 3 heteroatoms. The van der Waals surface area contributed by atoms with Gasteiger partial charge in [-0.05, 0) is 25.7 Å². The van der Waals surface area contributed by atoms with E-state index in [0.717, 1.165) is 12.8 Å². The molecule has 9 heavy (non-hydrogen) atoms. The summed E-state index contributed by atoms with van der Waals surface area (Å²) >= 11 is 0. The zero-order chi connectivity index (χ0) is 6.91. The van der Waals surface area contributed by atoms with Gasteiger partial charge < -0.3 is 5.11 Å². The van der Waals surface area contributed by atoms with E-state index in [4.69, 9.17) is 5.11 Å². The van der Waals surface area contributed by atoms with Gasteiger partial charge in [0.05, 0.1) is 0 Å². The van der Waals surface area contributed by atoms with Gasteiger partial charge in [0.1, 0.15) is 0 Å². The maximum atomic E-state index is 11.0. The lowest BCUT2D eigenvalue weighted by Crippen LogP contribution is -2.33. The highest BCUT2D eigenvalue weighted by atomic mass is 16.4. The minimum Gasteiger partial charge on any atom is -0.479 e. The summed E-state index contributed by atoms with van der Waals surface area (Å²) in [6, 6.07) is 0. The van der Waals surface area contributed by atoms with E-state index in [0.29, 0.717) is 12.8 Å². The number of carbonyl (C=O) groups is 1. The molecule has 0 aromatic rings. The van der Waals surface area contributed by atoms with Gasteiger partial charge in [0.25, 0.3) is 0 Å². The third-order valence-corrected chi connectivity index (χ3v) is 1.80. The molecule has 0 spiro atoms. The van der Waals surface area contributed by atoms with Gasteiger partial charge in [0.2, 0.25) is 0 Å². The molecule has 0 unspecified atom stereocenters. The van der Waals surface area contributed by atoms with Gasteiger partial charge in [-0.25, -0.2) is 9.90 Å². The Balaban J connectivity index is 2.61. The van der Waals surface area contributed by atoms with Gasteiger partial charge in [-0.1, -0.05) is 0 Å². The second kappa shape index (κ2) is 1.99. The zero-order valence-electron chi connectivity index (χ0n) is 5.09. The lowest BCUT2D eigenvalue weighted by Gasteiger charge is -2.10. The van der Waals surface area contributed by atoms with Crippen LogP contribution in [0.25, 0.3) is 0 Å². The first-order valence-corrected chi connectivity index (χ1v) is 3.09. The Hall–Kier alpha value is -0.570. The normalized spacial score (nSPS) is 24.1. The summed E-state index contributed by atoms with van der Waals surface area (Å²) in [4.78, 5) is 10.2. The molecule has 3 nitrogen and oxygen atoms in total. The van der Waals surface area contributed by atoms with E-state index >= 15 is 0 Å². The van der Waals surface area contributed by atoms with Crippen LogP contribution in [0.4, 0.5) is 0 Å². The zero-order valence-corrected chi connectivity index (χ0v) is 5.09. The van der Waals surface area contributed by atoms with E-state index in [2.05, 4.69) is 0 Å². The quantitative estimate of drug-likeness (QED) is 0.569. The first kappa shape index (κ1) is 6.55. The number of hydrogen-bond acceptors (Lipinski definition) is 1. The van der Waals surface area contributed by atoms with Crippen molar-refractivity contribution in [3.63, 3.8) is 0 Å². The first-order valence-electron chi connectivity index (χ1n) is 3.09. The smallest absolute Gasteiger partial charge is 0.339 e. The van der Waals surface area contributed by atoms with Gasteiger partial charge in [0, 0.05) is 0 Å². The molecule has 0 heterocycles. The van der Waals surface area contributed by atoms with Crippen LogP contribution in [0.15, 0.2) is 0 Å². The van der Waals surface area contributed by atoms with Crippen molar-refractivity contribution in [2.24, 2.45) is 0 Å². The summed E-state index contributed by atoms with van der Waals surface area (Å²) in [6.07, 6.45) is 2.16. The van der Waals surface area contributed by atoms with E-state index in [9.17, 15) is 9.90 Å². The van der Waals surface area contributed by atoms with Crippen LogP contribution in [-0.4, -0.2) is 16.7 Å². The van der Waals surface area contributed by atoms with Crippen LogP contribution in [0.2, 0.25) is 0 Å². The predicted octanol–water partition coefficient (Wildman–Crippen LogP) is 0.814. The second-order valence-corrected chi connectivity index (χ2v) is 2.51. The topological polar surface area (TPSA) is 57.2 Å². The number of carboxylic acids is 1. The Morgan fingerprint density at radius 3 is 2.00 bits per heavy atom. The fourth-order valence-electron chi connectivity index (χ4n) is 1.16. The van der Waals surface area contributed by atoms with E-state index in [1.54, 1.807) is 0 Å². The minimum absolute atomic E-state index is 0.308. The highest BCUT2D eigenvalue weighted by Gasteiger charge is 2.40. The molecule has 0 saturated heterocycles. The first-order chi connectivity index (χ1) is 4.15. The largest absolute Gasteiger partial charge is 0.479 e. The molecule has 0 bridgehead atoms. The summed E-state index contributed by atoms with van der Waals surface area (Å²) in [6.45, 7) is 0. The molecular formula is C6H9O3. The van der Waals surface area contributed by atoms with Crippen molar-refractivity contribution >= 4 is 5.97 Å². The molecule has 1 rings (SSSR count). The maximum Gasteiger partial charge on any atom is 0.339 e. The molecule has 0 amide bonds. The minimum atomic E-state index is -1.64. The highest BCUT2D eigenvalue weighted by molar-refractivity contribution is 5.77. The van der Waals surface area contributed by atoms with E-state index < -0.39 is 11.6 Å². The lowest BCUT2D eigenvalue weighted by atomic mass is 10.0. The average molecular weight is 129 g/mol. The fourth-order valence-corrected chi connectivity index (χ4v) is 1.16. The lowest BCUT2D eigenvalue weighted by molar-refractivity contribution is -0.165. The highest BCUT2D eigenvalue weighted by Crippen LogP contribution is 2.29. The van der Waals surface area contributed by atoms with Crippen molar-refractivity contribution in [3.8, 4) is 0 Å². The Bertz CT molecular complexity index is 124. The molecule has 1 radical (unpaired) electrons. The molecule has 0 aromatic heterocycles. The summed E-state index contributed by atoms with van der Waals surface area (Å²) in [5.74, 6) is -1.18. The Kier molecular flexibility index (Phi) is 1.45. The van der Waals surface area contributed by atoms with Gasteiger partial charge in [-0.3, -0.25) is 0 Å². The standard InChI is InChI=1S/C6H9O3/c7-5(8)6(9)3-1-2-4-6/h1-4H2,(H,7,8). The number of carboxylic acid groups (broad SMARTS) is 1. The van der Waals surface area contributed by atoms with Crippen LogP contribution >= 0.6 is 0 Å². The van der Waals surface area contributed by atoms with Crippen molar-refractivity contribution in [1.29, 1.82) is 0 Å². The molecule has 51 valence electrons. The van der Waals surface area contributed by atoms with E-state index in [1.165, 1.54) is 0 Å². The van der Waals surface area contributed by atoms with Crippen LogP contribution in [-0.2, 0) is 9.90 Å². The summed E-state index contributed by atoms with van der Waals surface area (Å²) in [5.41, 5.74) is -1.64. The molecule has 0 aromatic carbocycles. The molecule has 1 fully saturated rings. The fraction of sp³-hybridized carbons (Fsp3) is 0.833. The SMILES string of the molecule is [O]C1(C(=O)O)CCCC1. The van der Waals surface area contributed by atoms with Crippen molar-refractivity contribution in [1.82, 2.24) is 0 Å². The Morgan fingerprint density at radius 1 is 1.33 bits per heavy atom. The van der Waals surface area contributed by atoms with Crippen LogP contribution in [0, 0.1) is 0 Å². The van der Waals surface area contributed by atoms with Gasteiger partial charge >= 0.3 is 5.97 Å². The summed E-state index contributed by atoms with van der Waals surface area (Å²) < 4.78 is 0. The third-order valence-electron chi connectivity index (χ3n) is 1.80. The molecule has 1 N–H and O–H groups in total. The van der Waals surface area contributed by atoms with Gasteiger partial charge in [-0.15, -0.1) is 0 Å². The maximum absolute atomic E-state index is 11.0. The molecule has 1 aliphatic carbocycles.